The second-order valence-electron chi connectivity index (χ2n) is 8.92. The van der Waals surface area contributed by atoms with Crippen LogP contribution in [-0.4, -0.2) is 45.5 Å². The SMILES string of the molecule is O=C(O)C1CC2CCC(C1)N2C(=O)c1cccc(COc2ccc(C3CCNN3)nc2)c1. The largest absolute Gasteiger partial charge is 0.487 e. The second kappa shape index (κ2) is 8.88. The Hall–Kier alpha value is -2.97. The summed E-state index contributed by atoms with van der Waals surface area (Å²) in [4.78, 5) is 31.1. The number of carbonyl (C=O) groups excluding carboxylic acids is 1. The van der Waals surface area contributed by atoms with Gasteiger partial charge in [-0.3, -0.25) is 20.0 Å². The summed E-state index contributed by atoms with van der Waals surface area (Å²) in [6, 6.07) is 11.7. The highest BCUT2D eigenvalue weighted by atomic mass is 16.5. The summed E-state index contributed by atoms with van der Waals surface area (Å²) in [7, 11) is 0. The zero-order chi connectivity index (χ0) is 22.1. The van der Waals surface area contributed by atoms with Gasteiger partial charge in [0.05, 0.1) is 23.9 Å². The van der Waals surface area contributed by atoms with E-state index in [-0.39, 0.29) is 30.0 Å². The monoisotopic (exact) mass is 436 g/mol. The number of hydrogen-bond donors (Lipinski definition) is 3. The van der Waals surface area contributed by atoms with Crippen LogP contribution < -0.4 is 15.6 Å². The average molecular weight is 437 g/mol. The number of ether oxygens (including phenoxy) is 1. The molecule has 3 unspecified atom stereocenters. The van der Waals surface area contributed by atoms with E-state index >= 15 is 0 Å². The number of benzene rings is 1. The van der Waals surface area contributed by atoms with Crippen molar-refractivity contribution in [3.05, 3.63) is 59.4 Å². The lowest BCUT2D eigenvalue weighted by molar-refractivity contribution is -0.144. The number of aliphatic carboxylic acids is 1. The van der Waals surface area contributed by atoms with Crippen LogP contribution >= 0.6 is 0 Å². The van der Waals surface area contributed by atoms with Crippen LogP contribution in [0.4, 0.5) is 0 Å². The van der Waals surface area contributed by atoms with E-state index in [1.165, 1.54) is 0 Å². The van der Waals surface area contributed by atoms with Gasteiger partial charge in [-0.2, -0.15) is 0 Å². The summed E-state index contributed by atoms with van der Waals surface area (Å²) in [5, 5.41) is 9.38. The molecule has 3 atom stereocenters. The van der Waals surface area contributed by atoms with E-state index in [0.29, 0.717) is 30.8 Å². The first kappa shape index (κ1) is 20.9. The molecule has 32 heavy (non-hydrogen) atoms. The third-order valence-electron chi connectivity index (χ3n) is 6.85. The summed E-state index contributed by atoms with van der Waals surface area (Å²) < 4.78 is 5.90. The Morgan fingerprint density at radius 2 is 1.94 bits per heavy atom. The number of hydrazine groups is 1. The molecule has 1 aromatic carbocycles. The zero-order valence-corrected chi connectivity index (χ0v) is 17.9. The van der Waals surface area contributed by atoms with E-state index in [4.69, 9.17) is 4.74 Å². The fraction of sp³-hybridized carbons (Fsp3) is 0.458. The van der Waals surface area contributed by atoms with Gasteiger partial charge >= 0.3 is 5.97 Å². The molecule has 0 saturated carbocycles. The first-order chi connectivity index (χ1) is 15.6. The van der Waals surface area contributed by atoms with E-state index in [0.717, 1.165) is 37.1 Å². The molecule has 4 heterocycles. The van der Waals surface area contributed by atoms with Gasteiger partial charge in [-0.25, -0.2) is 5.43 Å². The molecule has 3 aliphatic heterocycles. The van der Waals surface area contributed by atoms with Gasteiger partial charge in [0, 0.05) is 24.2 Å². The van der Waals surface area contributed by atoms with Crippen LogP contribution in [0.15, 0.2) is 42.6 Å². The molecule has 0 aliphatic carbocycles. The quantitative estimate of drug-likeness (QED) is 0.640. The van der Waals surface area contributed by atoms with Crippen molar-refractivity contribution >= 4 is 11.9 Å². The van der Waals surface area contributed by atoms with Crippen LogP contribution in [-0.2, 0) is 11.4 Å². The highest BCUT2D eigenvalue weighted by molar-refractivity contribution is 5.95. The van der Waals surface area contributed by atoms with E-state index in [2.05, 4.69) is 15.8 Å². The molecule has 5 rings (SSSR count). The Morgan fingerprint density at radius 1 is 1.12 bits per heavy atom. The van der Waals surface area contributed by atoms with Crippen LogP contribution in [0.5, 0.6) is 5.75 Å². The number of pyridine rings is 1. The molecule has 168 valence electrons. The smallest absolute Gasteiger partial charge is 0.306 e. The molecule has 0 spiro atoms. The van der Waals surface area contributed by atoms with Gasteiger partial charge in [0.2, 0.25) is 0 Å². The summed E-state index contributed by atoms with van der Waals surface area (Å²) in [6.45, 7) is 1.28. The summed E-state index contributed by atoms with van der Waals surface area (Å²) in [5.41, 5.74) is 8.83. The van der Waals surface area contributed by atoms with E-state index < -0.39 is 5.97 Å². The predicted octanol–water partition coefficient (Wildman–Crippen LogP) is 2.67. The Bertz CT molecular complexity index is 976. The number of carbonyl (C=O) groups is 2. The van der Waals surface area contributed by atoms with Crippen LogP contribution in [0.2, 0.25) is 0 Å². The Labute approximate surface area is 186 Å². The normalized spacial score (nSPS) is 26.8. The minimum Gasteiger partial charge on any atom is -0.487 e. The van der Waals surface area contributed by atoms with E-state index in [9.17, 15) is 14.7 Å². The van der Waals surface area contributed by atoms with Crippen molar-refractivity contribution in [3.8, 4) is 5.75 Å². The number of fused-ring (bicyclic) bond motifs is 2. The molecule has 2 bridgehead atoms. The maximum absolute atomic E-state index is 13.2. The first-order valence-corrected chi connectivity index (χ1v) is 11.3. The van der Waals surface area contributed by atoms with Gasteiger partial charge in [0.15, 0.2) is 0 Å². The number of carboxylic acid groups (broad SMARTS) is 1. The molecule has 1 aromatic heterocycles. The fourth-order valence-corrected chi connectivity index (χ4v) is 5.21. The maximum atomic E-state index is 13.2. The Balaban J connectivity index is 1.22. The standard InChI is InChI=1S/C24H28N4O4/c29-23(28-18-4-5-19(28)12-17(11-18)24(30)31)16-3-1-2-15(10-16)14-32-20-6-7-21(25-13-20)22-8-9-26-27-22/h1-3,6-7,10,13,17-19,22,26-27H,4-5,8-9,11-12,14H2,(H,30,31). The van der Waals surface area contributed by atoms with Crippen LogP contribution in [0.25, 0.3) is 0 Å². The Kier molecular flexibility index (Phi) is 5.80. The predicted molar refractivity (Wildman–Crippen MR) is 117 cm³/mol. The third-order valence-corrected chi connectivity index (χ3v) is 6.85. The molecule has 8 heteroatoms. The molecule has 3 saturated heterocycles. The molecule has 0 radical (unpaired) electrons. The van der Waals surface area contributed by atoms with Crippen molar-refractivity contribution in [2.45, 2.75) is 56.8 Å². The molecule has 8 nitrogen and oxygen atoms in total. The van der Waals surface area contributed by atoms with Crippen molar-refractivity contribution in [1.82, 2.24) is 20.7 Å². The first-order valence-electron chi connectivity index (χ1n) is 11.3. The van der Waals surface area contributed by atoms with Crippen molar-refractivity contribution in [1.29, 1.82) is 0 Å². The van der Waals surface area contributed by atoms with Gasteiger partial charge in [-0.05, 0) is 61.9 Å². The number of nitrogens with zero attached hydrogens (tertiary/aromatic N) is 2. The van der Waals surface area contributed by atoms with Gasteiger partial charge in [0.25, 0.3) is 5.91 Å². The Morgan fingerprint density at radius 3 is 2.59 bits per heavy atom. The molecule has 3 N–H and O–H groups in total. The topological polar surface area (TPSA) is 104 Å². The van der Waals surface area contributed by atoms with Crippen molar-refractivity contribution < 1.29 is 19.4 Å². The van der Waals surface area contributed by atoms with E-state index in [1.807, 2.05) is 41.3 Å². The second-order valence-corrected chi connectivity index (χ2v) is 8.92. The fourth-order valence-electron chi connectivity index (χ4n) is 5.21. The number of amides is 1. The lowest BCUT2D eigenvalue weighted by Gasteiger charge is -2.37. The highest BCUT2D eigenvalue weighted by Gasteiger charge is 2.45. The third kappa shape index (κ3) is 4.20. The zero-order valence-electron chi connectivity index (χ0n) is 17.9. The number of rotatable bonds is 6. The number of nitrogens with one attached hydrogen (secondary N) is 2. The van der Waals surface area contributed by atoms with Gasteiger partial charge < -0.3 is 14.7 Å². The number of aromatic nitrogens is 1. The number of carboxylic acids is 1. The lowest BCUT2D eigenvalue weighted by Crippen LogP contribution is -2.47. The van der Waals surface area contributed by atoms with E-state index in [1.54, 1.807) is 6.20 Å². The molecule has 3 aliphatic rings. The summed E-state index contributed by atoms with van der Waals surface area (Å²) in [6.07, 6.45) is 5.61. The number of hydrogen-bond acceptors (Lipinski definition) is 6. The van der Waals surface area contributed by atoms with Crippen LogP contribution in [0.3, 0.4) is 0 Å². The lowest BCUT2D eigenvalue weighted by atomic mass is 9.90. The summed E-state index contributed by atoms with van der Waals surface area (Å²) in [5.74, 6) is -0.402. The van der Waals surface area contributed by atoms with Crippen molar-refractivity contribution in [2.75, 3.05) is 6.54 Å². The maximum Gasteiger partial charge on any atom is 0.306 e. The minimum absolute atomic E-state index is 0.00752. The van der Waals surface area contributed by atoms with Crippen molar-refractivity contribution in [3.63, 3.8) is 0 Å². The van der Waals surface area contributed by atoms with Crippen LogP contribution in [0, 0.1) is 5.92 Å². The van der Waals surface area contributed by atoms with Crippen molar-refractivity contribution in [2.24, 2.45) is 5.92 Å². The molecule has 3 fully saturated rings. The van der Waals surface area contributed by atoms with Gasteiger partial charge in [-0.15, -0.1) is 0 Å². The van der Waals surface area contributed by atoms with Gasteiger partial charge in [0.1, 0.15) is 12.4 Å². The molecule has 2 aromatic rings. The highest BCUT2D eigenvalue weighted by Crippen LogP contribution is 2.39. The van der Waals surface area contributed by atoms with Gasteiger partial charge in [-0.1, -0.05) is 12.1 Å². The summed E-state index contributed by atoms with van der Waals surface area (Å²) >= 11 is 0. The van der Waals surface area contributed by atoms with Crippen LogP contribution in [0.1, 0.15) is 59.8 Å². The minimum atomic E-state index is -0.744. The molecular weight excluding hydrogens is 408 g/mol. The molecule has 1 amide bonds. The average Bonchev–Trinajstić information content (AvgIpc) is 3.44. The number of piperidine rings is 1. The molecular formula is C24H28N4O4.